The lowest BCUT2D eigenvalue weighted by Gasteiger charge is -2.12. The van der Waals surface area contributed by atoms with Crippen molar-refractivity contribution in [2.45, 2.75) is 27.3 Å². The molecule has 0 atom stereocenters. The Bertz CT molecular complexity index is 910. The van der Waals surface area contributed by atoms with Gasteiger partial charge in [0, 0.05) is 6.20 Å². The van der Waals surface area contributed by atoms with Crippen molar-refractivity contribution >= 4 is 22.8 Å². The van der Waals surface area contributed by atoms with Gasteiger partial charge in [0.1, 0.15) is 0 Å². The van der Waals surface area contributed by atoms with Crippen LogP contribution in [-0.4, -0.2) is 27.5 Å². The van der Waals surface area contributed by atoms with Crippen molar-refractivity contribution in [3.63, 3.8) is 0 Å². The maximum atomic E-state index is 12.3. The number of aryl methyl sites for hydroxylation is 2. The number of aromatic nitrogens is 3. The molecular weight excluding hydrogens is 316 g/mol. The monoisotopic (exact) mass is 336 g/mol. The zero-order valence-electron chi connectivity index (χ0n) is 14.5. The molecule has 0 amide bonds. The van der Waals surface area contributed by atoms with E-state index in [1.165, 1.54) is 0 Å². The first kappa shape index (κ1) is 16.8. The highest BCUT2D eigenvalue weighted by Gasteiger charge is 2.18. The van der Waals surface area contributed by atoms with E-state index in [1.54, 1.807) is 13.1 Å². The van der Waals surface area contributed by atoms with Crippen LogP contribution in [0.15, 0.2) is 36.5 Å². The Morgan fingerprint density at radius 3 is 2.48 bits per heavy atom. The average molecular weight is 336 g/mol. The molecule has 1 N–H and O–H groups in total. The standard InChI is InChI=1S/C19H20N4O2/c1-4-25-19(24)17-18(21-11-14-7-5-6-8-20-14)23-16-10-13(3)12(2)9-15(16)22-17/h5-10H,4,11H2,1-3H3,(H,21,23). The minimum Gasteiger partial charge on any atom is -0.461 e. The third kappa shape index (κ3) is 3.74. The summed E-state index contributed by atoms with van der Waals surface area (Å²) in [4.78, 5) is 25.6. The first-order valence-electron chi connectivity index (χ1n) is 8.18. The number of carbonyl (C=O) groups excluding carboxylic acids is 1. The number of ether oxygens (including phenoxy) is 1. The second-order valence-corrected chi connectivity index (χ2v) is 5.74. The Kier molecular flexibility index (Phi) is 4.88. The van der Waals surface area contributed by atoms with Gasteiger partial charge in [0.15, 0.2) is 11.5 Å². The summed E-state index contributed by atoms with van der Waals surface area (Å²) in [6.07, 6.45) is 1.72. The summed E-state index contributed by atoms with van der Waals surface area (Å²) >= 11 is 0. The molecule has 0 aliphatic carbocycles. The fourth-order valence-corrected chi connectivity index (χ4v) is 2.45. The highest BCUT2D eigenvalue weighted by molar-refractivity contribution is 5.95. The number of hydrogen-bond donors (Lipinski definition) is 1. The van der Waals surface area contributed by atoms with Crippen LogP contribution in [-0.2, 0) is 11.3 Å². The molecule has 2 heterocycles. The summed E-state index contributed by atoms with van der Waals surface area (Å²) in [7, 11) is 0. The second kappa shape index (κ2) is 7.25. The van der Waals surface area contributed by atoms with Gasteiger partial charge in [-0.3, -0.25) is 4.98 Å². The summed E-state index contributed by atoms with van der Waals surface area (Å²) in [5, 5.41) is 3.16. The lowest BCUT2D eigenvalue weighted by molar-refractivity contribution is 0.0520. The topological polar surface area (TPSA) is 77.0 Å². The van der Waals surface area contributed by atoms with E-state index in [2.05, 4.69) is 20.3 Å². The normalized spacial score (nSPS) is 10.7. The number of benzene rings is 1. The van der Waals surface area contributed by atoms with Crippen molar-refractivity contribution in [3.05, 3.63) is 59.0 Å². The third-order valence-corrected chi connectivity index (χ3v) is 3.91. The first-order valence-corrected chi connectivity index (χ1v) is 8.18. The number of anilines is 1. The van der Waals surface area contributed by atoms with Crippen LogP contribution in [0, 0.1) is 13.8 Å². The highest BCUT2D eigenvalue weighted by atomic mass is 16.5. The molecule has 6 heteroatoms. The highest BCUT2D eigenvalue weighted by Crippen LogP contribution is 2.21. The molecule has 0 fully saturated rings. The summed E-state index contributed by atoms with van der Waals surface area (Å²) in [6.45, 7) is 6.52. The number of carbonyl (C=O) groups is 1. The van der Waals surface area contributed by atoms with Crippen molar-refractivity contribution in [1.82, 2.24) is 15.0 Å². The van der Waals surface area contributed by atoms with E-state index in [-0.39, 0.29) is 12.3 Å². The molecule has 0 radical (unpaired) electrons. The predicted octanol–water partition coefficient (Wildman–Crippen LogP) is 3.43. The quantitative estimate of drug-likeness (QED) is 0.719. The minimum absolute atomic E-state index is 0.188. The fourth-order valence-electron chi connectivity index (χ4n) is 2.45. The Labute approximate surface area is 146 Å². The molecule has 3 rings (SSSR count). The van der Waals surface area contributed by atoms with Gasteiger partial charge in [-0.15, -0.1) is 0 Å². The molecule has 0 saturated carbocycles. The van der Waals surface area contributed by atoms with Crippen LogP contribution < -0.4 is 5.32 Å². The van der Waals surface area contributed by atoms with Crippen molar-refractivity contribution < 1.29 is 9.53 Å². The maximum Gasteiger partial charge on any atom is 0.360 e. The summed E-state index contributed by atoms with van der Waals surface area (Å²) in [6, 6.07) is 9.57. The Balaban J connectivity index is 2.01. The first-order chi connectivity index (χ1) is 12.1. The van der Waals surface area contributed by atoms with E-state index < -0.39 is 5.97 Å². The Hall–Kier alpha value is -3.02. The summed E-state index contributed by atoms with van der Waals surface area (Å²) in [5.74, 6) is -0.0847. The number of nitrogens with one attached hydrogen (secondary N) is 1. The van der Waals surface area contributed by atoms with Crippen LogP contribution in [0.5, 0.6) is 0 Å². The van der Waals surface area contributed by atoms with Gasteiger partial charge in [-0.05, 0) is 56.2 Å². The van der Waals surface area contributed by atoms with Crippen LogP contribution in [0.4, 0.5) is 5.82 Å². The molecule has 1 aromatic carbocycles. The van der Waals surface area contributed by atoms with Gasteiger partial charge in [0.2, 0.25) is 0 Å². The molecule has 0 spiro atoms. The van der Waals surface area contributed by atoms with Crippen LogP contribution in [0.1, 0.15) is 34.2 Å². The molecule has 0 unspecified atom stereocenters. The van der Waals surface area contributed by atoms with Gasteiger partial charge >= 0.3 is 5.97 Å². The van der Waals surface area contributed by atoms with Gasteiger partial charge in [0.25, 0.3) is 0 Å². The Morgan fingerprint density at radius 2 is 1.84 bits per heavy atom. The van der Waals surface area contributed by atoms with Gasteiger partial charge in [-0.2, -0.15) is 0 Å². The van der Waals surface area contributed by atoms with Gasteiger partial charge in [0.05, 0.1) is 29.9 Å². The van der Waals surface area contributed by atoms with Gasteiger partial charge < -0.3 is 10.1 Å². The predicted molar refractivity (Wildman–Crippen MR) is 96.5 cm³/mol. The van der Waals surface area contributed by atoms with Gasteiger partial charge in [-0.1, -0.05) is 6.07 Å². The van der Waals surface area contributed by atoms with E-state index in [9.17, 15) is 4.79 Å². The molecule has 3 aromatic rings. The van der Waals surface area contributed by atoms with Crippen molar-refractivity contribution in [1.29, 1.82) is 0 Å². The van der Waals surface area contributed by atoms with Crippen LogP contribution >= 0.6 is 0 Å². The molecule has 6 nitrogen and oxygen atoms in total. The van der Waals surface area contributed by atoms with E-state index in [1.807, 2.05) is 44.2 Å². The Morgan fingerprint density at radius 1 is 1.12 bits per heavy atom. The molecule has 128 valence electrons. The number of esters is 1. The largest absolute Gasteiger partial charge is 0.461 e. The maximum absolute atomic E-state index is 12.3. The van der Waals surface area contributed by atoms with Gasteiger partial charge in [-0.25, -0.2) is 14.8 Å². The van der Waals surface area contributed by atoms with E-state index in [4.69, 9.17) is 4.74 Å². The molecular formula is C19H20N4O2. The summed E-state index contributed by atoms with van der Waals surface area (Å²) in [5.41, 5.74) is 4.68. The average Bonchev–Trinajstić information content (AvgIpc) is 2.61. The lowest BCUT2D eigenvalue weighted by Crippen LogP contribution is -2.14. The lowest BCUT2D eigenvalue weighted by atomic mass is 10.1. The molecule has 2 aromatic heterocycles. The zero-order valence-corrected chi connectivity index (χ0v) is 14.5. The fraction of sp³-hybridized carbons (Fsp3) is 0.263. The molecule has 0 saturated heterocycles. The number of rotatable bonds is 5. The zero-order chi connectivity index (χ0) is 17.8. The van der Waals surface area contributed by atoms with E-state index in [0.29, 0.717) is 17.9 Å². The van der Waals surface area contributed by atoms with Crippen LogP contribution in [0.2, 0.25) is 0 Å². The van der Waals surface area contributed by atoms with Crippen LogP contribution in [0.3, 0.4) is 0 Å². The molecule has 25 heavy (non-hydrogen) atoms. The van der Waals surface area contributed by atoms with E-state index in [0.717, 1.165) is 22.3 Å². The molecule has 0 aliphatic heterocycles. The van der Waals surface area contributed by atoms with Crippen molar-refractivity contribution in [2.75, 3.05) is 11.9 Å². The smallest absolute Gasteiger partial charge is 0.360 e. The minimum atomic E-state index is -0.487. The number of pyridine rings is 1. The van der Waals surface area contributed by atoms with Crippen molar-refractivity contribution in [3.8, 4) is 0 Å². The van der Waals surface area contributed by atoms with Crippen LogP contribution in [0.25, 0.3) is 11.0 Å². The SMILES string of the molecule is CCOC(=O)c1nc2cc(C)c(C)cc2nc1NCc1ccccn1. The second-order valence-electron chi connectivity index (χ2n) is 5.74. The number of fused-ring (bicyclic) bond motifs is 1. The number of hydrogen-bond acceptors (Lipinski definition) is 6. The van der Waals surface area contributed by atoms with E-state index >= 15 is 0 Å². The third-order valence-electron chi connectivity index (χ3n) is 3.91. The number of nitrogens with zero attached hydrogens (tertiary/aromatic N) is 3. The molecule has 0 bridgehead atoms. The molecule has 0 aliphatic rings. The van der Waals surface area contributed by atoms with Crippen molar-refractivity contribution in [2.24, 2.45) is 0 Å². The summed E-state index contributed by atoms with van der Waals surface area (Å²) < 4.78 is 5.13.